The summed E-state index contributed by atoms with van der Waals surface area (Å²) in [7, 11) is 0. The first-order chi connectivity index (χ1) is 10.1. The van der Waals surface area contributed by atoms with Crippen LogP contribution in [0.3, 0.4) is 0 Å². The zero-order valence-corrected chi connectivity index (χ0v) is 12.8. The molecule has 0 fully saturated rings. The molecule has 0 saturated carbocycles. The van der Waals surface area contributed by atoms with Crippen LogP contribution in [-0.2, 0) is 6.54 Å². The van der Waals surface area contributed by atoms with Crippen molar-refractivity contribution in [1.82, 2.24) is 10.3 Å². The Hall–Kier alpha value is -2.01. The van der Waals surface area contributed by atoms with Crippen LogP contribution in [0.1, 0.15) is 35.2 Å². The topological polar surface area (TPSA) is 67.2 Å². The summed E-state index contributed by atoms with van der Waals surface area (Å²) in [5, 5.41) is 6.19. The Morgan fingerprint density at radius 2 is 2.19 bits per heavy atom. The van der Waals surface area contributed by atoms with Crippen molar-refractivity contribution >= 4 is 23.3 Å². The lowest BCUT2D eigenvalue weighted by molar-refractivity contribution is 0.0948. The van der Waals surface area contributed by atoms with Crippen LogP contribution in [0, 0.1) is 6.92 Å². The number of halogens is 1. The number of aromatic nitrogens is 1. The number of anilines is 1. The minimum Gasteiger partial charge on any atom is -0.465 e. The Morgan fingerprint density at radius 3 is 2.86 bits per heavy atom. The first kappa shape index (κ1) is 15.4. The fraction of sp³-hybridized carbons (Fsp3) is 0.333. The molecule has 0 aliphatic heterocycles. The quantitative estimate of drug-likeness (QED) is 0.803. The number of hydrogen-bond donors (Lipinski definition) is 2. The monoisotopic (exact) mass is 307 g/mol. The molecule has 0 spiro atoms. The molecule has 0 bridgehead atoms. The molecular weight excluding hydrogens is 290 g/mol. The molecule has 21 heavy (non-hydrogen) atoms. The van der Waals surface area contributed by atoms with Crippen molar-refractivity contribution in [2.75, 3.05) is 11.9 Å². The van der Waals surface area contributed by atoms with Crippen molar-refractivity contribution < 1.29 is 9.21 Å². The molecule has 2 aromatic heterocycles. The first-order valence-electron chi connectivity index (χ1n) is 6.83. The molecule has 112 valence electrons. The van der Waals surface area contributed by atoms with Crippen molar-refractivity contribution in [3.05, 3.63) is 46.5 Å². The lowest BCUT2D eigenvalue weighted by Gasteiger charge is -2.08. The van der Waals surface area contributed by atoms with Crippen LogP contribution < -0.4 is 10.6 Å². The van der Waals surface area contributed by atoms with Crippen LogP contribution in [0.2, 0.25) is 5.15 Å². The van der Waals surface area contributed by atoms with Gasteiger partial charge in [-0.1, -0.05) is 18.5 Å². The molecular formula is C15H18ClN3O2. The number of furan rings is 1. The van der Waals surface area contributed by atoms with Crippen LogP contribution in [0.15, 0.2) is 28.7 Å². The van der Waals surface area contributed by atoms with Gasteiger partial charge in [0.1, 0.15) is 22.5 Å². The average molecular weight is 308 g/mol. The number of aryl methyl sites for hydroxylation is 1. The first-order valence-corrected chi connectivity index (χ1v) is 7.21. The molecule has 2 aromatic rings. The summed E-state index contributed by atoms with van der Waals surface area (Å²) in [6, 6.07) is 6.92. The Labute approximate surface area is 128 Å². The van der Waals surface area contributed by atoms with Crippen molar-refractivity contribution in [3.63, 3.8) is 0 Å². The third-order valence-electron chi connectivity index (χ3n) is 2.83. The molecule has 0 saturated heterocycles. The molecule has 6 heteroatoms. The van der Waals surface area contributed by atoms with Gasteiger partial charge in [0, 0.05) is 12.1 Å². The minimum absolute atomic E-state index is 0.215. The number of carbonyl (C=O) groups is 1. The van der Waals surface area contributed by atoms with E-state index in [1.165, 1.54) is 0 Å². The molecule has 0 aliphatic carbocycles. The maximum absolute atomic E-state index is 12.1. The Bertz CT molecular complexity index is 625. The maximum Gasteiger partial charge on any atom is 0.251 e. The summed E-state index contributed by atoms with van der Waals surface area (Å²) >= 11 is 5.94. The number of pyridine rings is 1. The van der Waals surface area contributed by atoms with Gasteiger partial charge in [0.15, 0.2) is 0 Å². The van der Waals surface area contributed by atoms with E-state index in [4.69, 9.17) is 16.0 Å². The third-order valence-corrected chi connectivity index (χ3v) is 3.03. The molecule has 5 nitrogen and oxygen atoms in total. The fourth-order valence-electron chi connectivity index (χ4n) is 1.82. The van der Waals surface area contributed by atoms with E-state index < -0.39 is 0 Å². The van der Waals surface area contributed by atoms with Crippen LogP contribution in [0.4, 0.5) is 5.82 Å². The van der Waals surface area contributed by atoms with E-state index >= 15 is 0 Å². The van der Waals surface area contributed by atoms with Crippen molar-refractivity contribution in [2.24, 2.45) is 0 Å². The number of carbonyl (C=O) groups excluding carboxylic acids is 1. The Kier molecular flexibility index (Phi) is 5.22. The van der Waals surface area contributed by atoms with Crippen LogP contribution in [0.5, 0.6) is 0 Å². The predicted molar refractivity (Wildman–Crippen MR) is 82.6 cm³/mol. The zero-order chi connectivity index (χ0) is 15.2. The largest absolute Gasteiger partial charge is 0.465 e. The van der Waals surface area contributed by atoms with E-state index in [-0.39, 0.29) is 11.1 Å². The van der Waals surface area contributed by atoms with E-state index in [1.54, 1.807) is 12.1 Å². The van der Waals surface area contributed by atoms with Gasteiger partial charge in [0.2, 0.25) is 0 Å². The smallest absolute Gasteiger partial charge is 0.251 e. The SMILES string of the molecule is CCCNc1cc(C(=O)NCc2ccc(C)o2)cc(Cl)n1. The van der Waals surface area contributed by atoms with Gasteiger partial charge in [0.25, 0.3) is 5.91 Å². The standard InChI is InChI=1S/C15H18ClN3O2/c1-3-6-17-14-8-11(7-13(16)19-14)15(20)18-9-12-5-4-10(2)21-12/h4-5,7-8H,3,6,9H2,1-2H3,(H,17,19)(H,18,20). The number of nitrogens with zero attached hydrogens (tertiary/aromatic N) is 1. The van der Waals surface area contributed by atoms with E-state index in [0.717, 1.165) is 18.7 Å². The number of rotatable bonds is 6. The van der Waals surface area contributed by atoms with Gasteiger partial charge in [-0.05, 0) is 37.6 Å². The third kappa shape index (κ3) is 4.49. The molecule has 0 atom stereocenters. The average Bonchev–Trinajstić information content (AvgIpc) is 2.87. The highest BCUT2D eigenvalue weighted by Crippen LogP contribution is 2.15. The highest BCUT2D eigenvalue weighted by Gasteiger charge is 2.10. The molecule has 1 amide bonds. The van der Waals surface area contributed by atoms with Crippen LogP contribution in [0.25, 0.3) is 0 Å². The normalized spacial score (nSPS) is 10.4. The predicted octanol–water partition coefficient (Wildman–Crippen LogP) is 3.39. The summed E-state index contributed by atoms with van der Waals surface area (Å²) in [4.78, 5) is 16.3. The van der Waals surface area contributed by atoms with Gasteiger partial charge in [-0.25, -0.2) is 4.98 Å². The molecule has 0 aromatic carbocycles. The summed E-state index contributed by atoms with van der Waals surface area (Å²) in [6.07, 6.45) is 0.966. The number of nitrogens with one attached hydrogen (secondary N) is 2. The molecule has 0 aliphatic rings. The lowest BCUT2D eigenvalue weighted by atomic mass is 10.2. The highest BCUT2D eigenvalue weighted by atomic mass is 35.5. The van der Waals surface area contributed by atoms with Crippen molar-refractivity contribution in [3.8, 4) is 0 Å². The summed E-state index contributed by atoms with van der Waals surface area (Å²) < 4.78 is 5.40. The minimum atomic E-state index is -0.215. The van der Waals surface area contributed by atoms with Gasteiger partial charge >= 0.3 is 0 Å². The molecule has 0 radical (unpaired) electrons. The summed E-state index contributed by atoms with van der Waals surface area (Å²) in [5.74, 6) is 1.92. The molecule has 2 N–H and O–H groups in total. The van der Waals surface area contributed by atoms with E-state index in [1.807, 2.05) is 19.1 Å². The van der Waals surface area contributed by atoms with E-state index in [2.05, 4.69) is 22.5 Å². The Balaban J connectivity index is 2.02. The highest BCUT2D eigenvalue weighted by molar-refractivity contribution is 6.29. The van der Waals surface area contributed by atoms with Gasteiger partial charge in [-0.2, -0.15) is 0 Å². The summed E-state index contributed by atoms with van der Waals surface area (Å²) in [6.45, 7) is 5.03. The zero-order valence-electron chi connectivity index (χ0n) is 12.1. The molecule has 2 heterocycles. The second-order valence-electron chi connectivity index (χ2n) is 4.69. The van der Waals surface area contributed by atoms with E-state index in [0.29, 0.717) is 23.7 Å². The Morgan fingerprint density at radius 1 is 1.38 bits per heavy atom. The molecule has 0 unspecified atom stereocenters. The molecule has 2 rings (SSSR count). The summed E-state index contributed by atoms with van der Waals surface area (Å²) in [5.41, 5.74) is 0.469. The second-order valence-corrected chi connectivity index (χ2v) is 5.07. The lowest BCUT2D eigenvalue weighted by Crippen LogP contribution is -2.22. The van der Waals surface area contributed by atoms with Crippen LogP contribution in [-0.4, -0.2) is 17.4 Å². The maximum atomic E-state index is 12.1. The van der Waals surface area contributed by atoms with Gasteiger partial charge in [0.05, 0.1) is 6.54 Å². The number of hydrogen-bond acceptors (Lipinski definition) is 4. The van der Waals surface area contributed by atoms with Crippen molar-refractivity contribution in [1.29, 1.82) is 0 Å². The van der Waals surface area contributed by atoms with Gasteiger partial charge < -0.3 is 15.1 Å². The van der Waals surface area contributed by atoms with Crippen LogP contribution >= 0.6 is 11.6 Å². The fourth-order valence-corrected chi connectivity index (χ4v) is 2.03. The number of amides is 1. The van der Waals surface area contributed by atoms with E-state index in [9.17, 15) is 4.79 Å². The van der Waals surface area contributed by atoms with Gasteiger partial charge in [-0.15, -0.1) is 0 Å². The second kappa shape index (κ2) is 7.13. The van der Waals surface area contributed by atoms with Gasteiger partial charge in [-0.3, -0.25) is 4.79 Å². The van der Waals surface area contributed by atoms with Crippen molar-refractivity contribution in [2.45, 2.75) is 26.8 Å².